The molecule has 3 nitrogen and oxygen atoms in total. The molecule has 1 amide bonds. The van der Waals surface area contributed by atoms with Crippen molar-refractivity contribution in [3.63, 3.8) is 0 Å². The first-order valence-corrected chi connectivity index (χ1v) is 5.67. The van der Waals surface area contributed by atoms with Crippen molar-refractivity contribution in [3.8, 4) is 0 Å². The molecule has 0 radical (unpaired) electrons. The third-order valence-corrected chi connectivity index (χ3v) is 3.83. The van der Waals surface area contributed by atoms with Crippen LogP contribution >= 0.6 is 0 Å². The highest BCUT2D eigenvalue weighted by atomic mass is 16.2. The van der Waals surface area contributed by atoms with E-state index in [0.29, 0.717) is 23.8 Å². The van der Waals surface area contributed by atoms with Gasteiger partial charge in [-0.25, -0.2) is 0 Å². The summed E-state index contributed by atoms with van der Waals surface area (Å²) in [6.45, 7) is 4.16. The first-order valence-electron chi connectivity index (χ1n) is 5.67. The molecule has 0 aromatic heterocycles. The van der Waals surface area contributed by atoms with Crippen LogP contribution in [-0.2, 0) is 4.79 Å². The Morgan fingerprint density at radius 2 is 2.07 bits per heavy atom. The van der Waals surface area contributed by atoms with Gasteiger partial charge < -0.3 is 10.2 Å². The predicted molar refractivity (Wildman–Crippen MR) is 55.9 cm³/mol. The number of amides is 1. The molecule has 1 heterocycles. The number of carbonyl (C=O) groups excluding carboxylic acids is 1. The second-order valence-corrected chi connectivity index (χ2v) is 4.78. The number of nitrogens with one attached hydrogen (secondary N) is 1. The molecule has 1 aliphatic carbocycles. The Morgan fingerprint density at radius 3 is 2.50 bits per heavy atom. The van der Waals surface area contributed by atoms with E-state index in [1.165, 1.54) is 12.8 Å². The summed E-state index contributed by atoms with van der Waals surface area (Å²) in [5.41, 5.74) is 0. The fourth-order valence-electron chi connectivity index (χ4n) is 2.50. The highest BCUT2D eigenvalue weighted by molar-refractivity contribution is 5.79. The first-order chi connectivity index (χ1) is 6.70. The fraction of sp³-hybridized carbons (Fsp3) is 0.909. The minimum absolute atomic E-state index is 0.306. The van der Waals surface area contributed by atoms with E-state index in [1.54, 1.807) is 0 Å². The zero-order valence-corrected chi connectivity index (χ0v) is 9.12. The van der Waals surface area contributed by atoms with E-state index in [-0.39, 0.29) is 0 Å². The number of rotatable bonds is 2. The Hall–Kier alpha value is -0.570. The zero-order valence-electron chi connectivity index (χ0n) is 9.12. The van der Waals surface area contributed by atoms with Crippen molar-refractivity contribution in [2.45, 2.75) is 32.2 Å². The molecule has 2 unspecified atom stereocenters. The van der Waals surface area contributed by atoms with Crippen LogP contribution in [-0.4, -0.2) is 37.0 Å². The van der Waals surface area contributed by atoms with Crippen LogP contribution in [0, 0.1) is 11.8 Å². The summed E-state index contributed by atoms with van der Waals surface area (Å²) in [4.78, 5) is 14.0. The number of nitrogens with zero attached hydrogens (tertiary/aromatic N) is 1. The third kappa shape index (κ3) is 1.65. The molecular formula is C11H20N2O. The molecule has 2 aliphatic rings. The lowest BCUT2D eigenvalue weighted by Gasteiger charge is -2.37. The molecule has 0 aromatic rings. The molecule has 0 aromatic carbocycles. The quantitative estimate of drug-likeness (QED) is 0.710. The Balaban J connectivity index is 1.92. The lowest BCUT2D eigenvalue weighted by molar-refractivity contribution is -0.138. The number of carbonyl (C=O) groups is 1. The van der Waals surface area contributed by atoms with Crippen molar-refractivity contribution in [2.24, 2.45) is 11.8 Å². The Morgan fingerprint density at radius 1 is 1.36 bits per heavy atom. The third-order valence-electron chi connectivity index (χ3n) is 3.83. The van der Waals surface area contributed by atoms with Gasteiger partial charge in [0.05, 0.1) is 6.04 Å². The average molecular weight is 196 g/mol. The molecule has 2 atom stereocenters. The first kappa shape index (κ1) is 9.97. The van der Waals surface area contributed by atoms with Crippen molar-refractivity contribution >= 4 is 5.91 Å². The lowest BCUT2D eigenvalue weighted by Crippen LogP contribution is -2.58. The van der Waals surface area contributed by atoms with Crippen LogP contribution in [0.5, 0.6) is 0 Å². The maximum Gasteiger partial charge on any atom is 0.226 e. The average Bonchev–Trinajstić information content (AvgIpc) is 2.47. The molecule has 0 bridgehead atoms. The monoisotopic (exact) mass is 196 g/mol. The number of hydrogen-bond acceptors (Lipinski definition) is 2. The van der Waals surface area contributed by atoms with Gasteiger partial charge in [-0.3, -0.25) is 4.79 Å². The van der Waals surface area contributed by atoms with Crippen molar-refractivity contribution in [3.05, 3.63) is 0 Å². The largest absolute Gasteiger partial charge is 0.340 e. The van der Waals surface area contributed by atoms with Crippen LogP contribution in [0.1, 0.15) is 26.2 Å². The maximum absolute atomic E-state index is 12.1. The zero-order chi connectivity index (χ0) is 10.1. The standard InChI is InChI=1S/C11H20N2O/c1-8-4-3-5-10(8)11(14)13(2)9-6-12-7-9/h8-10,12H,3-7H2,1-2H3. The summed E-state index contributed by atoms with van der Waals surface area (Å²) in [6, 6.07) is 0.454. The second-order valence-electron chi connectivity index (χ2n) is 4.78. The van der Waals surface area contributed by atoms with Crippen molar-refractivity contribution in [1.29, 1.82) is 0 Å². The van der Waals surface area contributed by atoms with E-state index in [4.69, 9.17) is 0 Å². The highest BCUT2D eigenvalue weighted by Crippen LogP contribution is 2.32. The summed E-state index contributed by atoms with van der Waals surface area (Å²) < 4.78 is 0. The summed E-state index contributed by atoms with van der Waals surface area (Å²) in [5.74, 6) is 1.28. The number of hydrogen-bond donors (Lipinski definition) is 1. The van der Waals surface area contributed by atoms with Gasteiger partial charge in [-0.05, 0) is 18.8 Å². The molecule has 1 N–H and O–H groups in total. The highest BCUT2D eigenvalue weighted by Gasteiger charge is 2.35. The normalized spacial score (nSPS) is 32.7. The van der Waals surface area contributed by atoms with Gasteiger partial charge in [-0.1, -0.05) is 13.3 Å². The van der Waals surface area contributed by atoms with Gasteiger partial charge in [-0.15, -0.1) is 0 Å². The molecule has 1 saturated carbocycles. The van der Waals surface area contributed by atoms with E-state index in [2.05, 4.69) is 12.2 Å². The molecule has 0 spiro atoms. The predicted octanol–water partition coefficient (Wildman–Crippen LogP) is 0.853. The Kier molecular flexibility index (Phi) is 2.77. The molecule has 80 valence electrons. The minimum Gasteiger partial charge on any atom is -0.340 e. The topological polar surface area (TPSA) is 32.3 Å². The number of likely N-dealkylation sites (N-methyl/N-ethyl adjacent to an activating group) is 1. The Labute approximate surface area is 85.8 Å². The van der Waals surface area contributed by atoms with E-state index in [9.17, 15) is 4.79 Å². The SMILES string of the molecule is CC1CCCC1C(=O)N(C)C1CNC1. The minimum atomic E-state index is 0.306. The van der Waals surface area contributed by atoms with Crippen LogP contribution in [0.2, 0.25) is 0 Å². The van der Waals surface area contributed by atoms with E-state index < -0.39 is 0 Å². The van der Waals surface area contributed by atoms with Gasteiger partial charge in [0.25, 0.3) is 0 Å². The van der Waals surface area contributed by atoms with E-state index in [0.717, 1.165) is 19.5 Å². The van der Waals surface area contributed by atoms with Crippen LogP contribution in [0.25, 0.3) is 0 Å². The van der Waals surface area contributed by atoms with Crippen LogP contribution in [0.4, 0.5) is 0 Å². The van der Waals surface area contributed by atoms with Gasteiger partial charge in [0.2, 0.25) is 5.91 Å². The van der Waals surface area contributed by atoms with Gasteiger partial charge in [0, 0.05) is 26.1 Å². The fourth-order valence-corrected chi connectivity index (χ4v) is 2.50. The van der Waals surface area contributed by atoms with Gasteiger partial charge in [-0.2, -0.15) is 0 Å². The summed E-state index contributed by atoms with van der Waals surface area (Å²) in [5, 5.41) is 3.20. The summed E-state index contributed by atoms with van der Waals surface area (Å²) in [6.07, 6.45) is 3.56. The van der Waals surface area contributed by atoms with Crippen LogP contribution in [0.3, 0.4) is 0 Å². The molecular weight excluding hydrogens is 176 g/mol. The van der Waals surface area contributed by atoms with Gasteiger partial charge in [0.15, 0.2) is 0 Å². The van der Waals surface area contributed by atoms with Crippen molar-refractivity contribution in [2.75, 3.05) is 20.1 Å². The van der Waals surface area contributed by atoms with Crippen LogP contribution < -0.4 is 5.32 Å². The molecule has 1 aliphatic heterocycles. The molecule has 14 heavy (non-hydrogen) atoms. The second kappa shape index (κ2) is 3.89. The van der Waals surface area contributed by atoms with E-state index in [1.807, 2.05) is 11.9 Å². The van der Waals surface area contributed by atoms with Gasteiger partial charge >= 0.3 is 0 Å². The molecule has 3 heteroatoms. The summed E-state index contributed by atoms with van der Waals surface area (Å²) >= 11 is 0. The van der Waals surface area contributed by atoms with Crippen LogP contribution in [0.15, 0.2) is 0 Å². The van der Waals surface area contributed by atoms with Gasteiger partial charge in [0.1, 0.15) is 0 Å². The lowest BCUT2D eigenvalue weighted by atomic mass is 9.95. The molecule has 1 saturated heterocycles. The summed E-state index contributed by atoms with van der Waals surface area (Å²) in [7, 11) is 1.96. The molecule has 2 rings (SSSR count). The molecule has 2 fully saturated rings. The maximum atomic E-state index is 12.1. The van der Waals surface area contributed by atoms with Crippen molar-refractivity contribution < 1.29 is 4.79 Å². The Bertz CT molecular complexity index is 225. The smallest absolute Gasteiger partial charge is 0.226 e. The van der Waals surface area contributed by atoms with Crippen molar-refractivity contribution in [1.82, 2.24) is 10.2 Å². The van der Waals surface area contributed by atoms with E-state index >= 15 is 0 Å².